The Kier molecular flexibility index (Phi) is 4.78. The summed E-state index contributed by atoms with van der Waals surface area (Å²) in [7, 11) is 0. The van der Waals surface area contributed by atoms with Crippen LogP contribution >= 0.6 is 0 Å². The monoisotopic (exact) mass is 428 g/mol. The molecule has 2 heterocycles. The van der Waals surface area contributed by atoms with Crippen molar-refractivity contribution in [3.05, 3.63) is 101 Å². The SMILES string of the molecule is O=C1c2c(c(O)c3ncccc3c2OCc2ccccc2)C(=O)N1Cc1ccc(F)cc1. The van der Waals surface area contributed by atoms with Crippen molar-refractivity contribution in [2.45, 2.75) is 13.2 Å². The minimum absolute atomic E-state index is 0.00560. The fraction of sp³-hybridized carbons (Fsp3) is 0.0800. The van der Waals surface area contributed by atoms with E-state index in [-0.39, 0.29) is 41.3 Å². The first-order valence-corrected chi connectivity index (χ1v) is 9.95. The Morgan fingerprint density at radius 1 is 0.875 bits per heavy atom. The number of phenols is 1. The number of fused-ring (bicyclic) bond motifs is 2. The molecule has 6 nitrogen and oxygen atoms in total. The van der Waals surface area contributed by atoms with Crippen molar-refractivity contribution in [3.63, 3.8) is 0 Å². The van der Waals surface area contributed by atoms with Crippen LogP contribution < -0.4 is 4.74 Å². The minimum atomic E-state index is -0.649. The summed E-state index contributed by atoms with van der Waals surface area (Å²) in [4.78, 5) is 31.7. The number of phenolic OH excluding ortho intramolecular Hbond substituents is 1. The van der Waals surface area contributed by atoms with E-state index < -0.39 is 17.6 Å². The summed E-state index contributed by atoms with van der Waals surface area (Å²) in [6.07, 6.45) is 1.49. The Bertz CT molecular complexity index is 1350. The standard InChI is InChI=1S/C25H17FN2O4/c26-17-10-8-15(9-11-17)13-28-24(30)19-20(25(28)31)23(32-14-16-5-2-1-3-6-16)18-7-4-12-27-21(18)22(19)29/h1-12,29H,13-14H2. The molecule has 4 aromatic rings. The third kappa shape index (κ3) is 3.24. The molecular weight excluding hydrogens is 411 g/mol. The van der Waals surface area contributed by atoms with E-state index in [0.29, 0.717) is 10.9 Å². The van der Waals surface area contributed by atoms with Gasteiger partial charge in [0.05, 0.1) is 12.1 Å². The number of aromatic nitrogens is 1. The van der Waals surface area contributed by atoms with Crippen LogP contribution in [0.3, 0.4) is 0 Å². The molecule has 1 N–H and O–H groups in total. The molecular formula is C25H17FN2O4. The number of pyridine rings is 1. The Morgan fingerprint density at radius 2 is 1.59 bits per heavy atom. The summed E-state index contributed by atoms with van der Waals surface area (Å²) >= 11 is 0. The summed E-state index contributed by atoms with van der Waals surface area (Å²) in [6.45, 7) is 0.107. The van der Waals surface area contributed by atoms with Crippen LogP contribution in [0, 0.1) is 5.82 Å². The maximum atomic E-state index is 13.3. The van der Waals surface area contributed by atoms with Crippen LogP contribution in [0.4, 0.5) is 4.39 Å². The molecule has 0 unspecified atom stereocenters. The van der Waals surface area contributed by atoms with Crippen molar-refractivity contribution < 1.29 is 23.8 Å². The lowest BCUT2D eigenvalue weighted by molar-refractivity contribution is 0.0640. The molecule has 0 radical (unpaired) electrons. The molecule has 0 spiro atoms. The molecule has 32 heavy (non-hydrogen) atoms. The van der Waals surface area contributed by atoms with Crippen LogP contribution in [0.25, 0.3) is 10.9 Å². The highest BCUT2D eigenvalue weighted by Gasteiger charge is 2.42. The van der Waals surface area contributed by atoms with Crippen LogP contribution in [0.15, 0.2) is 72.9 Å². The zero-order chi connectivity index (χ0) is 22.2. The molecule has 0 aliphatic carbocycles. The van der Waals surface area contributed by atoms with Crippen molar-refractivity contribution in [2.24, 2.45) is 0 Å². The summed E-state index contributed by atoms with van der Waals surface area (Å²) in [5.74, 6) is -1.81. The third-order valence-electron chi connectivity index (χ3n) is 5.39. The van der Waals surface area contributed by atoms with Crippen molar-refractivity contribution in [1.82, 2.24) is 9.88 Å². The van der Waals surface area contributed by atoms with Gasteiger partial charge in [-0.15, -0.1) is 0 Å². The van der Waals surface area contributed by atoms with Crippen molar-refractivity contribution >= 4 is 22.7 Å². The molecule has 1 aromatic heterocycles. The number of amides is 2. The highest BCUT2D eigenvalue weighted by Crippen LogP contribution is 2.44. The van der Waals surface area contributed by atoms with Gasteiger partial charge < -0.3 is 9.84 Å². The van der Waals surface area contributed by atoms with Gasteiger partial charge in [0.15, 0.2) is 5.75 Å². The van der Waals surface area contributed by atoms with Gasteiger partial charge in [0, 0.05) is 11.6 Å². The Hall–Kier alpha value is -4.26. The van der Waals surface area contributed by atoms with E-state index in [0.717, 1.165) is 10.5 Å². The summed E-state index contributed by atoms with van der Waals surface area (Å²) in [5.41, 5.74) is 1.51. The zero-order valence-corrected chi connectivity index (χ0v) is 16.8. The summed E-state index contributed by atoms with van der Waals surface area (Å²) < 4.78 is 19.3. The summed E-state index contributed by atoms with van der Waals surface area (Å²) in [6, 6.07) is 18.3. The molecule has 1 aliphatic rings. The number of halogens is 1. The van der Waals surface area contributed by atoms with Crippen molar-refractivity contribution in [1.29, 1.82) is 0 Å². The quantitative estimate of drug-likeness (QED) is 0.475. The molecule has 2 amide bonds. The summed E-state index contributed by atoms with van der Waals surface area (Å²) in [5, 5.41) is 11.3. The van der Waals surface area contributed by atoms with Gasteiger partial charge in [-0.2, -0.15) is 0 Å². The number of aromatic hydroxyl groups is 1. The number of ether oxygens (including phenoxy) is 1. The first kappa shape index (κ1) is 19.7. The zero-order valence-electron chi connectivity index (χ0n) is 16.8. The molecule has 5 rings (SSSR count). The van der Waals surface area contributed by atoms with Crippen molar-refractivity contribution in [2.75, 3.05) is 0 Å². The maximum absolute atomic E-state index is 13.3. The molecule has 0 atom stereocenters. The van der Waals surface area contributed by atoms with Crippen LogP contribution in [0.5, 0.6) is 11.5 Å². The highest BCUT2D eigenvalue weighted by molar-refractivity contribution is 6.26. The topological polar surface area (TPSA) is 79.7 Å². The Balaban J connectivity index is 1.60. The van der Waals surface area contributed by atoms with Crippen LogP contribution in [-0.2, 0) is 13.2 Å². The van der Waals surface area contributed by atoms with E-state index in [1.807, 2.05) is 30.3 Å². The van der Waals surface area contributed by atoms with Gasteiger partial charge in [-0.1, -0.05) is 42.5 Å². The van der Waals surface area contributed by atoms with Crippen LogP contribution in [0.1, 0.15) is 31.8 Å². The van der Waals surface area contributed by atoms with Gasteiger partial charge in [0.1, 0.15) is 29.3 Å². The van der Waals surface area contributed by atoms with Gasteiger partial charge >= 0.3 is 0 Å². The largest absolute Gasteiger partial charge is 0.505 e. The second-order valence-corrected chi connectivity index (χ2v) is 7.42. The van der Waals surface area contributed by atoms with Gasteiger partial charge in [-0.05, 0) is 35.4 Å². The number of rotatable bonds is 5. The lowest BCUT2D eigenvalue weighted by Crippen LogP contribution is -2.29. The van der Waals surface area contributed by atoms with Crippen LogP contribution in [-0.4, -0.2) is 26.8 Å². The fourth-order valence-corrected chi connectivity index (χ4v) is 3.83. The van der Waals surface area contributed by atoms with Crippen molar-refractivity contribution in [3.8, 4) is 11.5 Å². The first-order valence-electron chi connectivity index (χ1n) is 9.95. The molecule has 158 valence electrons. The van der Waals surface area contributed by atoms with Gasteiger partial charge in [-0.3, -0.25) is 19.5 Å². The smallest absolute Gasteiger partial charge is 0.265 e. The van der Waals surface area contributed by atoms with Crippen LogP contribution in [0.2, 0.25) is 0 Å². The number of imide groups is 1. The molecule has 0 saturated carbocycles. The second-order valence-electron chi connectivity index (χ2n) is 7.42. The normalized spacial score (nSPS) is 13.0. The van der Waals surface area contributed by atoms with Gasteiger partial charge in [-0.25, -0.2) is 4.39 Å². The second kappa shape index (κ2) is 7.77. The Morgan fingerprint density at radius 3 is 2.34 bits per heavy atom. The average molecular weight is 428 g/mol. The lowest BCUT2D eigenvalue weighted by Gasteiger charge is -2.15. The number of nitrogens with zero attached hydrogens (tertiary/aromatic N) is 2. The molecule has 0 fully saturated rings. The predicted octanol–water partition coefficient (Wildman–Crippen LogP) is 4.45. The Labute approximate surface area is 182 Å². The number of benzene rings is 3. The number of hydrogen-bond acceptors (Lipinski definition) is 5. The van der Waals surface area contributed by atoms with Gasteiger partial charge in [0.2, 0.25) is 0 Å². The molecule has 0 bridgehead atoms. The van der Waals surface area contributed by atoms with E-state index in [4.69, 9.17) is 4.74 Å². The fourth-order valence-electron chi connectivity index (χ4n) is 3.83. The third-order valence-corrected chi connectivity index (χ3v) is 5.39. The predicted molar refractivity (Wildman–Crippen MR) is 115 cm³/mol. The lowest BCUT2D eigenvalue weighted by atomic mass is 10.0. The number of carbonyl (C=O) groups excluding carboxylic acids is 2. The van der Waals surface area contributed by atoms with Gasteiger partial charge in [0.25, 0.3) is 11.8 Å². The van der Waals surface area contributed by atoms with E-state index >= 15 is 0 Å². The molecule has 0 saturated heterocycles. The number of carbonyl (C=O) groups is 2. The van der Waals surface area contributed by atoms with E-state index in [1.165, 1.54) is 30.5 Å². The molecule has 7 heteroatoms. The number of hydrogen-bond donors (Lipinski definition) is 1. The average Bonchev–Trinajstić information content (AvgIpc) is 3.06. The maximum Gasteiger partial charge on any atom is 0.265 e. The molecule has 1 aliphatic heterocycles. The van der Waals surface area contributed by atoms with E-state index in [1.54, 1.807) is 12.1 Å². The first-order chi connectivity index (χ1) is 15.5. The van der Waals surface area contributed by atoms with E-state index in [2.05, 4.69) is 4.98 Å². The molecule has 3 aromatic carbocycles. The minimum Gasteiger partial charge on any atom is -0.505 e. The highest BCUT2D eigenvalue weighted by atomic mass is 19.1. The van der Waals surface area contributed by atoms with E-state index in [9.17, 15) is 19.1 Å².